The topological polar surface area (TPSA) is 0 Å². The van der Waals surface area contributed by atoms with E-state index < -0.39 is 5.67 Å². The molecule has 0 fully saturated rings. The predicted octanol–water partition coefficient (Wildman–Crippen LogP) is 1.75. The first-order valence-corrected chi connectivity index (χ1v) is 1.69. The Labute approximate surface area is 52.4 Å². The van der Waals surface area contributed by atoms with E-state index in [1.807, 2.05) is 0 Å². The molecule has 0 N–H and O–H groups in total. The minimum atomic E-state index is -1.00. The predicted molar refractivity (Wildman–Crippen MR) is 20.9 cm³/mol. The molecule has 0 saturated heterocycles. The summed E-state index contributed by atoms with van der Waals surface area (Å²) in [5, 5.41) is 0. The van der Waals surface area contributed by atoms with Crippen molar-refractivity contribution in [2.45, 2.75) is 26.4 Å². The largest absolute Gasteiger partial charge is 0.245 e. The van der Waals surface area contributed by atoms with Gasteiger partial charge in [-0.3, -0.25) is 0 Å². The third-order valence-corrected chi connectivity index (χ3v) is 0. The van der Waals surface area contributed by atoms with Gasteiger partial charge in [-0.05, 0) is 20.8 Å². The van der Waals surface area contributed by atoms with Gasteiger partial charge in [0.05, 0.1) is 0 Å². The molecule has 0 atom stereocenters. The van der Waals surface area contributed by atoms with Gasteiger partial charge in [-0.25, -0.2) is 4.39 Å². The molecule has 0 amide bonds. The zero-order chi connectivity index (χ0) is 4.50. The van der Waals surface area contributed by atoms with Crippen LogP contribution in [0.1, 0.15) is 20.8 Å². The summed E-state index contributed by atoms with van der Waals surface area (Å²) in [6.45, 7) is 4.56. The summed E-state index contributed by atoms with van der Waals surface area (Å²) in [4.78, 5) is 0. The fourth-order valence-corrected chi connectivity index (χ4v) is 0. The molecule has 0 spiro atoms. The van der Waals surface area contributed by atoms with Crippen molar-refractivity contribution >= 4 is 0 Å². The smallest absolute Gasteiger partial charge is 0.102 e. The van der Waals surface area contributed by atoms with Crippen molar-refractivity contribution in [3.63, 3.8) is 0 Å². The molecule has 0 heterocycles. The van der Waals surface area contributed by atoms with Crippen molar-refractivity contribution in [3.8, 4) is 0 Å². The number of halogens is 1. The van der Waals surface area contributed by atoms with Gasteiger partial charge in [-0.1, -0.05) is 0 Å². The van der Waals surface area contributed by atoms with Gasteiger partial charge in [-0.2, -0.15) is 0 Å². The number of rotatable bonds is 0. The Morgan fingerprint density at radius 3 is 1.17 bits per heavy atom. The first kappa shape index (κ1) is 9.79. The normalized spacial score (nSPS) is 10.0. The fourth-order valence-electron chi connectivity index (χ4n) is 0. The van der Waals surface area contributed by atoms with Crippen molar-refractivity contribution < 1.29 is 25.5 Å². The average molecular weight is 271 g/mol. The van der Waals surface area contributed by atoms with E-state index in [4.69, 9.17) is 0 Å². The monoisotopic (exact) mass is 271 g/mol. The third-order valence-electron chi connectivity index (χ3n) is 0. The molecule has 0 aromatic rings. The van der Waals surface area contributed by atoms with E-state index in [9.17, 15) is 4.39 Å². The van der Waals surface area contributed by atoms with Gasteiger partial charge in [0.25, 0.3) is 0 Å². The molecule has 0 saturated carbocycles. The Bertz CT molecular complexity index is 23.0. The van der Waals surface area contributed by atoms with Gasteiger partial charge >= 0.3 is 0 Å². The number of alkyl halides is 1. The number of hydrogen-bond acceptors (Lipinski definition) is 0. The summed E-state index contributed by atoms with van der Waals surface area (Å²) in [6.07, 6.45) is 0. The second kappa shape index (κ2) is 2.74. The minimum absolute atomic E-state index is 0. The second-order valence-electron chi connectivity index (χ2n) is 2.07. The molecule has 0 aliphatic rings. The Hall–Kier alpha value is 0.618. The second-order valence-corrected chi connectivity index (χ2v) is 2.07. The van der Waals surface area contributed by atoms with Crippen LogP contribution in [0.5, 0.6) is 0 Å². The van der Waals surface area contributed by atoms with Crippen LogP contribution in [0.3, 0.4) is 0 Å². The maximum absolute atomic E-state index is 11.7. The standard InChI is InChI=1S/C4H9F.Pt/c1-4(2,3)5;/h1-3H3;. The van der Waals surface area contributed by atoms with Crippen LogP contribution in [-0.2, 0) is 21.1 Å². The van der Waals surface area contributed by atoms with Crippen LogP contribution in [0.2, 0.25) is 0 Å². The summed E-state index contributed by atoms with van der Waals surface area (Å²) in [7, 11) is 0. The molecule has 0 aromatic heterocycles. The van der Waals surface area contributed by atoms with E-state index in [0.717, 1.165) is 0 Å². The first-order valence-electron chi connectivity index (χ1n) is 1.69. The Kier molecular flexibility index (Phi) is 4.47. The molecule has 0 aliphatic carbocycles. The Morgan fingerprint density at radius 1 is 1.17 bits per heavy atom. The Morgan fingerprint density at radius 2 is 1.17 bits per heavy atom. The van der Waals surface area contributed by atoms with E-state index >= 15 is 0 Å². The maximum Gasteiger partial charge on any atom is 0.102 e. The molecule has 0 aliphatic heterocycles. The van der Waals surface area contributed by atoms with E-state index in [1.54, 1.807) is 0 Å². The maximum atomic E-state index is 11.7. The van der Waals surface area contributed by atoms with E-state index in [2.05, 4.69) is 0 Å². The molecule has 0 aromatic carbocycles. The molecular formula is C4H9FPt. The van der Waals surface area contributed by atoms with Gasteiger partial charge < -0.3 is 0 Å². The van der Waals surface area contributed by atoms with Crippen molar-refractivity contribution in [2.75, 3.05) is 0 Å². The minimum Gasteiger partial charge on any atom is -0.245 e. The first-order chi connectivity index (χ1) is 2.00. The summed E-state index contributed by atoms with van der Waals surface area (Å²) in [6, 6.07) is 0. The average Bonchev–Trinajstić information content (AvgIpc) is 0.722. The SMILES string of the molecule is CC(C)(C)F.[Pt]. The van der Waals surface area contributed by atoms with Crippen LogP contribution >= 0.6 is 0 Å². The van der Waals surface area contributed by atoms with Gasteiger partial charge in [-0.15, -0.1) is 0 Å². The van der Waals surface area contributed by atoms with Crippen molar-refractivity contribution in [2.24, 2.45) is 0 Å². The van der Waals surface area contributed by atoms with E-state index in [1.165, 1.54) is 20.8 Å². The Balaban J connectivity index is 0. The van der Waals surface area contributed by atoms with Crippen molar-refractivity contribution in [3.05, 3.63) is 0 Å². The summed E-state index contributed by atoms with van der Waals surface area (Å²) in [5.74, 6) is 0. The van der Waals surface area contributed by atoms with Crippen molar-refractivity contribution in [1.29, 1.82) is 0 Å². The van der Waals surface area contributed by atoms with Crippen LogP contribution in [0.4, 0.5) is 4.39 Å². The van der Waals surface area contributed by atoms with Gasteiger partial charge in [0.15, 0.2) is 0 Å². The molecule has 42 valence electrons. The molecule has 0 bridgehead atoms. The summed E-state index contributed by atoms with van der Waals surface area (Å²) >= 11 is 0. The molecule has 0 rings (SSSR count). The summed E-state index contributed by atoms with van der Waals surface area (Å²) < 4.78 is 11.7. The molecule has 0 radical (unpaired) electrons. The van der Waals surface area contributed by atoms with Crippen LogP contribution in [-0.4, -0.2) is 5.67 Å². The third kappa shape index (κ3) is 158. The number of hydrogen-bond donors (Lipinski definition) is 0. The van der Waals surface area contributed by atoms with Gasteiger partial charge in [0.2, 0.25) is 0 Å². The summed E-state index contributed by atoms with van der Waals surface area (Å²) in [5.41, 5.74) is -1.00. The van der Waals surface area contributed by atoms with E-state index in [0.29, 0.717) is 0 Å². The molecular weight excluding hydrogens is 262 g/mol. The van der Waals surface area contributed by atoms with Gasteiger partial charge in [0, 0.05) is 21.1 Å². The van der Waals surface area contributed by atoms with Crippen molar-refractivity contribution in [1.82, 2.24) is 0 Å². The molecule has 0 nitrogen and oxygen atoms in total. The molecule has 6 heavy (non-hydrogen) atoms. The van der Waals surface area contributed by atoms with Crippen LogP contribution in [0, 0.1) is 0 Å². The zero-order valence-electron chi connectivity index (χ0n) is 4.19. The van der Waals surface area contributed by atoms with Crippen LogP contribution < -0.4 is 0 Å². The molecule has 2 heteroatoms. The van der Waals surface area contributed by atoms with Crippen LogP contribution in [0.15, 0.2) is 0 Å². The quantitative estimate of drug-likeness (QED) is 0.629. The fraction of sp³-hybridized carbons (Fsp3) is 1.00. The van der Waals surface area contributed by atoms with Gasteiger partial charge in [0.1, 0.15) is 5.67 Å². The zero-order valence-corrected chi connectivity index (χ0v) is 6.47. The molecule has 0 unspecified atom stereocenters. The van der Waals surface area contributed by atoms with Crippen LogP contribution in [0.25, 0.3) is 0 Å². The van der Waals surface area contributed by atoms with E-state index in [-0.39, 0.29) is 21.1 Å².